The van der Waals surface area contributed by atoms with Crippen molar-refractivity contribution in [3.8, 4) is 5.75 Å². The molecular formula is C24H37ClN2O4. The van der Waals surface area contributed by atoms with Gasteiger partial charge in [0.05, 0.1) is 12.5 Å². The van der Waals surface area contributed by atoms with Crippen molar-refractivity contribution < 1.29 is 19.1 Å². The number of nitrogens with one attached hydrogen (secondary N) is 1. The minimum atomic E-state index is -0.639. The highest BCUT2D eigenvalue weighted by atomic mass is 35.5. The van der Waals surface area contributed by atoms with Crippen LogP contribution in [0.2, 0.25) is 0 Å². The molecule has 0 saturated heterocycles. The van der Waals surface area contributed by atoms with E-state index in [1.54, 1.807) is 7.11 Å². The van der Waals surface area contributed by atoms with E-state index in [0.29, 0.717) is 6.54 Å². The summed E-state index contributed by atoms with van der Waals surface area (Å²) in [7, 11) is 1.64. The number of amides is 2. The molecule has 1 aliphatic rings. The van der Waals surface area contributed by atoms with Gasteiger partial charge < -0.3 is 19.7 Å². The normalized spacial score (nSPS) is 19.5. The Labute approximate surface area is 191 Å². The van der Waals surface area contributed by atoms with Crippen molar-refractivity contribution in [2.75, 3.05) is 13.0 Å². The van der Waals surface area contributed by atoms with Crippen molar-refractivity contribution >= 4 is 23.6 Å². The molecule has 0 aromatic heterocycles. The summed E-state index contributed by atoms with van der Waals surface area (Å²) in [6, 6.07) is 7.96. The van der Waals surface area contributed by atoms with Gasteiger partial charge in [0, 0.05) is 24.5 Å². The standard InChI is InChI=1S/C24H37ClN2O4/c1-23(2,3)31-22(29)26-18-9-11-19(12-10-18)27(21(28)24(4,5)16-25)15-17-7-13-20(30-6)14-8-17/h7-8,13-14,18-19H,9-12,15-16H2,1-6H3,(H,26,29). The molecule has 7 heteroatoms. The van der Waals surface area contributed by atoms with E-state index < -0.39 is 11.0 Å². The van der Waals surface area contributed by atoms with Crippen molar-refractivity contribution in [3.63, 3.8) is 0 Å². The van der Waals surface area contributed by atoms with Crippen LogP contribution >= 0.6 is 11.6 Å². The zero-order chi connectivity index (χ0) is 23.2. The fourth-order valence-electron chi connectivity index (χ4n) is 3.75. The van der Waals surface area contributed by atoms with Gasteiger partial charge in [-0.15, -0.1) is 11.6 Å². The lowest BCUT2D eigenvalue weighted by molar-refractivity contribution is -0.143. The third-order valence-corrected chi connectivity index (χ3v) is 6.21. The van der Waals surface area contributed by atoms with Crippen LogP contribution in [0.1, 0.15) is 65.9 Å². The average Bonchev–Trinajstić information content (AvgIpc) is 2.71. The zero-order valence-electron chi connectivity index (χ0n) is 19.7. The number of hydrogen-bond donors (Lipinski definition) is 1. The van der Waals surface area contributed by atoms with Gasteiger partial charge in [-0.25, -0.2) is 4.79 Å². The predicted molar refractivity (Wildman–Crippen MR) is 123 cm³/mol. The second-order valence-electron chi connectivity index (χ2n) is 9.95. The molecular weight excluding hydrogens is 416 g/mol. The van der Waals surface area contributed by atoms with Crippen LogP contribution in [-0.2, 0) is 16.1 Å². The minimum Gasteiger partial charge on any atom is -0.497 e. The van der Waals surface area contributed by atoms with Crippen molar-refractivity contribution in [1.82, 2.24) is 10.2 Å². The molecule has 1 fully saturated rings. The number of methoxy groups -OCH3 is 1. The second-order valence-corrected chi connectivity index (χ2v) is 10.2. The first kappa shape index (κ1) is 25.3. The number of alkyl halides is 1. The Morgan fingerprint density at radius 2 is 1.65 bits per heavy atom. The molecule has 1 N–H and O–H groups in total. The van der Waals surface area contributed by atoms with Gasteiger partial charge in [0.1, 0.15) is 11.4 Å². The molecule has 0 aliphatic heterocycles. The van der Waals surface area contributed by atoms with Crippen molar-refractivity contribution in [2.24, 2.45) is 5.41 Å². The Balaban J connectivity index is 2.07. The monoisotopic (exact) mass is 452 g/mol. The Morgan fingerprint density at radius 1 is 1.06 bits per heavy atom. The summed E-state index contributed by atoms with van der Waals surface area (Å²) < 4.78 is 10.6. The van der Waals surface area contributed by atoms with E-state index in [1.807, 2.05) is 63.8 Å². The lowest BCUT2D eigenvalue weighted by atomic mass is 9.87. The van der Waals surface area contributed by atoms with Crippen LogP contribution in [0.15, 0.2) is 24.3 Å². The molecule has 31 heavy (non-hydrogen) atoms. The summed E-state index contributed by atoms with van der Waals surface area (Å²) >= 11 is 6.12. The van der Waals surface area contributed by atoms with Crippen LogP contribution in [0.4, 0.5) is 4.79 Å². The van der Waals surface area contributed by atoms with E-state index in [4.69, 9.17) is 21.1 Å². The molecule has 1 saturated carbocycles. The number of ether oxygens (including phenoxy) is 2. The topological polar surface area (TPSA) is 67.9 Å². The van der Waals surface area contributed by atoms with Crippen LogP contribution in [-0.4, -0.2) is 47.6 Å². The van der Waals surface area contributed by atoms with Gasteiger partial charge in [-0.3, -0.25) is 4.79 Å². The van der Waals surface area contributed by atoms with Crippen LogP contribution in [0.5, 0.6) is 5.75 Å². The van der Waals surface area contributed by atoms with Gasteiger partial charge in [-0.1, -0.05) is 12.1 Å². The van der Waals surface area contributed by atoms with Crippen molar-refractivity contribution in [3.05, 3.63) is 29.8 Å². The highest BCUT2D eigenvalue weighted by Gasteiger charge is 2.37. The minimum absolute atomic E-state index is 0.0573. The number of rotatable bonds is 7. The maximum Gasteiger partial charge on any atom is 0.407 e. The van der Waals surface area contributed by atoms with Crippen molar-refractivity contribution in [1.29, 1.82) is 0 Å². The second kappa shape index (κ2) is 10.6. The summed E-state index contributed by atoms with van der Waals surface area (Å²) in [6.45, 7) is 9.86. The lowest BCUT2D eigenvalue weighted by Gasteiger charge is -2.40. The van der Waals surface area contributed by atoms with E-state index >= 15 is 0 Å². The molecule has 2 rings (SSSR count). The molecule has 1 aromatic carbocycles. The summed E-state index contributed by atoms with van der Waals surface area (Å²) in [6.07, 6.45) is 2.86. The average molecular weight is 453 g/mol. The molecule has 2 amide bonds. The Hall–Kier alpha value is -1.95. The molecule has 0 unspecified atom stereocenters. The fourth-order valence-corrected chi connectivity index (χ4v) is 3.86. The van der Waals surface area contributed by atoms with Gasteiger partial charge >= 0.3 is 6.09 Å². The molecule has 174 valence electrons. The number of hydrogen-bond acceptors (Lipinski definition) is 4. The third kappa shape index (κ3) is 7.60. The first-order valence-corrected chi connectivity index (χ1v) is 11.5. The number of halogens is 1. The molecule has 0 spiro atoms. The van der Waals surface area contributed by atoms with Gasteiger partial charge in [0.2, 0.25) is 5.91 Å². The SMILES string of the molecule is COc1ccc(CN(C(=O)C(C)(C)CCl)C2CCC(NC(=O)OC(C)(C)C)CC2)cc1. The number of carbonyl (C=O) groups is 2. The summed E-state index contributed by atoms with van der Waals surface area (Å²) in [5, 5.41) is 2.97. The quantitative estimate of drug-likeness (QED) is 0.582. The number of carbonyl (C=O) groups excluding carboxylic acids is 2. The zero-order valence-corrected chi connectivity index (χ0v) is 20.4. The Morgan fingerprint density at radius 3 is 2.13 bits per heavy atom. The summed E-state index contributed by atoms with van der Waals surface area (Å²) in [5.41, 5.74) is -0.108. The maximum atomic E-state index is 13.4. The van der Waals surface area contributed by atoms with E-state index in [-0.39, 0.29) is 30.0 Å². The molecule has 0 heterocycles. The van der Waals surface area contributed by atoms with Gasteiger partial charge in [-0.2, -0.15) is 0 Å². The molecule has 0 radical (unpaired) electrons. The largest absolute Gasteiger partial charge is 0.497 e. The predicted octanol–water partition coefficient (Wildman–Crippen LogP) is 5.12. The van der Waals surface area contributed by atoms with Gasteiger partial charge in [0.25, 0.3) is 0 Å². The number of alkyl carbamates (subject to hydrolysis) is 1. The molecule has 0 atom stereocenters. The smallest absolute Gasteiger partial charge is 0.407 e. The van der Waals surface area contributed by atoms with E-state index in [9.17, 15) is 9.59 Å². The molecule has 1 aliphatic carbocycles. The van der Waals surface area contributed by atoms with Crippen LogP contribution in [0, 0.1) is 5.41 Å². The molecule has 1 aromatic rings. The first-order chi connectivity index (χ1) is 14.4. The lowest BCUT2D eigenvalue weighted by Crippen LogP contribution is -2.50. The Bertz CT molecular complexity index is 735. The van der Waals surface area contributed by atoms with Crippen LogP contribution < -0.4 is 10.1 Å². The van der Waals surface area contributed by atoms with E-state index in [0.717, 1.165) is 37.0 Å². The summed E-state index contributed by atoms with van der Waals surface area (Å²) in [4.78, 5) is 27.4. The van der Waals surface area contributed by atoms with Crippen molar-refractivity contribution in [2.45, 2.75) is 84.5 Å². The highest BCUT2D eigenvalue weighted by Crippen LogP contribution is 2.30. The first-order valence-electron chi connectivity index (χ1n) is 10.9. The Kier molecular flexibility index (Phi) is 8.64. The number of nitrogens with zero attached hydrogens (tertiary/aromatic N) is 1. The van der Waals surface area contributed by atoms with E-state index in [1.165, 1.54) is 0 Å². The third-order valence-electron chi connectivity index (χ3n) is 5.54. The number of benzene rings is 1. The molecule has 0 bridgehead atoms. The maximum absolute atomic E-state index is 13.4. The molecule has 6 nitrogen and oxygen atoms in total. The van der Waals surface area contributed by atoms with Gasteiger partial charge in [-0.05, 0) is 78.0 Å². The van der Waals surface area contributed by atoms with E-state index in [2.05, 4.69) is 5.32 Å². The highest BCUT2D eigenvalue weighted by molar-refractivity contribution is 6.19. The van der Waals surface area contributed by atoms with Crippen LogP contribution in [0.3, 0.4) is 0 Å². The summed E-state index contributed by atoms with van der Waals surface area (Å²) in [5.74, 6) is 1.11. The fraction of sp³-hybridized carbons (Fsp3) is 0.667. The van der Waals surface area contributed by atoms with Crippen LogP contribution in [0.25, 0.3) is 0 Å². The van der Waals surface area contributed by atoms with Gasteiger partial charge in [0.15, 0.2) is 0 Å².